The van der Waals surface area contributed by atoms with E-state index in [1.54, 1.807) is 0 Å². The summed E-state index contributed by atoms with van der Waals surface area (Å²) in [6.07, 6.45) is -0.764. The Morgan fingerprint density at radius 2 is 2.40 bits per heavy atom. The summed E-state index contributed by atoms with van der Waals surface area (Å²) < 4.78 is 5.77. The second kappa shape index (κ2) is 5.60. The average molecular weight is 295 g/mol. The summed E-state index contributed by atoms with van der Waals surface area (Å²) in [6, 6.07) is 1.85. The molecule has 0 fully saturated rings. The van der Waals surface area contributed by atoms with Crippen LogP contribution in [0.1, 0.15) is 16.5 Å². The largest absolute Gasteiger partial charge is 0.480 e. The molecule has 0 amide bonds. The average Bonchev–Trinajstić information content (AvgIpc) is 2.46. The van der Waals surface area contributed by atoms with Crippen LogP contribution < -0.4 is 0 Å². The standard InChI is InChI=1S/C9H11BrO4S/c1-5-2-7(15-9(5)10)6(11)3-14-4-8(12)13/h2,6,11H,3-4H2,1H3,(H,12,13). The number of aliphatic hydroxyl groups excluding tert-OH is 1. The highest BCUT2D eigenvalue weighted by molar-refractivity contribution is 9.11. The Hall–Kier alpha value is -0.430. The van der Waals surface area contributed by atoms with Gasteiger partial charge in [-0.3, -0.25) is 0 Å². The van der Waals surface area contributed by atoms with Gasteiger partial charge in [-0.15, -0.1) is 11.3 Å². The lowest BCUT2D eigenvalue weighted by atomic mass is 10.2. The van der Waals surface area contributed by atoms with Gasteiger partial charge in [-0.1, -0.05) is 0 Å². The Kier molecular flexibility index (Phi) is 4.72. The summed E-state index contributed by atoms with van der Waals surface area (Å²) >= 11 is 4.77. The minimum Gasteiger partial charge on any atom is -0.480 e. The van der Waals surface area contributed by atoms with Crippen molar-refractivity contribution >= 4 is 33.2 Å². The number of hydrogen-bond donors (Lipinski definition) is 2. The highest BCUT2D eigenvalue weighted by atomic mass is 79.9. The normalized spacial score (nSPS) is 12.7. The Morgan fingerprint density at radius 1 is 1.73 bits per heavy atom. The fourth-order valence-corrected chi connectivity index (χ4v) is 2.53. The number of halogens is 1. The Balaban J connectivity index is 2.46. The van der Waals surface area contributed by atoms with Crippen LogP contribution in [0.4, 0.5) is 0 Å². The molecule has 1 aromatic heterocycles. The molecule has 0 radical (unpaired) electrons. The van der Waals surface area contributed by atoms with Gasteiger partial charge >= 0.3 is 5.97 Å². The molecular formula is C9H11BrO4S. The fraction of sp³-hybridized carbons (Fsp3) is 0.444. The van der Waals surface area contributed by atoms with E-state index < -0.39 is 12.1 Å². The van der Waals surface area contributed by atoms with Crippen molar-refractivity contribution in [2.75, 3.05) is 13.2 Å². The van der Waals surface area contributed by atoms with Gasteiger partial charge in [-0.25, -0.2) is 4.79 Å². The van der Waals surface area contributed by atoms with Crippen molar-refractivity contribution in [3.8, 4) is 0 Å². The lowest BCUT2D eigenvalue weighted by Crippen LogP contribution is -2.12. The van der Waals surface area contributed by atoms with E-state index in [-0.39, 0.29) is 13.2 Å². The van der Waals surface area contributed by atoms with Crippen molar-refractivity contribution in [1.29, 1.82) is 0 Å². The van der Waals surface area contributed by atoms with Crippen molar-refractivity contribution in [2.24, 2.45) is 0 Å². The molecule has 84 valence electrons. The van der Waals surface area contributed by atoms with Crippen LogP contribution in [-0.4, -0.2) is 29.4 Å². The summed E-state index contributed by atoms with van der Waals surface area (Å²) in [7, 11) is 0. The van der Waals surface area contributed by atoms with E-state index in [0.29, 0.717) is 0 Å². The van der Waals surface area contributed by atoms with Crippen LogP contribution in [0.3, 0.4) is 0 Å². The summed E-state index contributed by atoms with van der Waals surface area (Å²) in [5.74, 6) is -1.04. The predicted octanol–water partition coefficient (Wildman–Crippen LogP) is 1.95. The number of carboxylic acids is 1. The highest BCUT2D eigenvalue weighted by Crippen LogP contribution is 2.31. The topological polar surface area (TPSA) is 66.8 Å². The molecule has 1 rings (SSSR count). The Morgan fingerprint density at radius 3 is 2.87 bits per heavy atom. The maximum absolute atomic E-state index is 10.2. The van der Waals surface area contributed by atoms with Crippen LogP contribution in [0, 0.1) is 6.92 Å². The third-order valence-electron chi connectivity index (χ3n) is 1.71. The van der Waals surface area contributed by atoms with E-state index in [4.69, 9.17) is 9.84 Å². The minimum atomic E-state index is -1.04. The van der Waals surface area contributed by atoms with E-state index in [2.05, 4.69) is 15.9 Å². The van der Waals surface area contributed by atoms with E-state index in [0.717, 1.165) is 14.2 Å². The first kappa shape index (κ1) is 12.6. The SMILES string of the molecule is Cc1cc(C(O)COCC(=O)O)sc1Br. The van der Waals surface area contributed by atoms with Crippen molar-refractivity contribution in [3.05, 3.63) is 20.3 Å². The first-order valence-electron chi connectivity index (χ1n) is 4.24. The molecule has 0 saturated heterocycles. The van der Waals surface area contributed by atoms with Gasteiger partial charge in [0.2, 0.25) is 0 Å². The van der Waals surface area contributed by atoms with Crippen molar-refractivity contribution in [2.45, 2.75) is 13.0 Å². The summed E-state index contributed by atoms with van der Waals surface area (Å²) in [5.41, 5.74) is 1.05. The van der Waals surface area contributed by atoms with Crippen LogP contribution in [0.2, 0.25) is 0 Å². The molecule has 1 atom stereocenters. The number of rotatable bonds is 5. The molecule has 4 nitrogen and oxygen atoms in total. The molecule has 0 aliphatic carbocycles. The molecule has 0 aliphatic rings. The number of aliphatic carboxylic acids is 1. The lowest BCUT2D eigenvalue weighted by Gasteiger charge is -2.07. The molecule has 0 aromatic carbocycles. The molecule has 6 heteroatoms. The maximum atomic E-state index is 10.2. The van der Waals surface area contributed by atoms with Gasteiger partial charge in [0, 0.05) is 4.88 Å². The zero-order chi connectivity index (χ0) is 11.4. The Bertz CT molecular complexity index is 330. The number of aliphatic hydroxyl groups is 1. The first-order valence-corrected chi connectivity index (χ1v) is 5.85. The number of hydrogen-bond acceptors (Lipinski definition) is 4. The first-order chi connectivity index (χ1) is 7.00. The van der Waals surface area contributed by atoms with Gasteiger partial charge in [0.25, 0.3) is 0 Å². The smallest absolute Gasteiger partial charge is 0.329 e. The van der Waals surface area contributed by atoms with E-state index in [1.165, 1.54) is 11.3 Å². The molecule has 1 heterocycles. The molecule has 1 aromatic rings. The van der Waals surface area contributed by atoms with Crippen LogP contribution in [0.15, 0.2) is 9.85 Å². The second-order valence-corrected chi connectivity index (χ2v) is 5.43. The third kappa shape index (κ3) is 3.90. The zero-order valence-corrected chi connectivity index (χ0v) is 10.5. The number of carbonyl (C=O) groups is 1. The fourth-order valence-electron chi connectivity index (χ4n) is 0.988. The van der Waals surface area contributed by atoms with Crippen molar-refractivity contribution in [1.82, 2.24) is 0 Å². The van der Waals surface area contributed by atoms with E-state index in [9.17, 15) is 9.90 Å². The van der Waals surface area contributed by atoms with Crippen LogP contribution in [0.5, 0.6) is 0 Å². The number of ether oxygens (including phenoxy) is 1. The van der Waals surface area contributed by atoms with Gasteiger partial charge in [0.15, 0.2) is 0 Å². The lowest BCUT2D eigenvalue weighted by molar-refractivity contribution is -0.143. The number of thiophene rings is 1. The van der Waals surface area contributed by atoms with Crippen molar-refractivity contribution < 1.29 is 19.7 Å². The van der Waals surface area contributed by atoms with Crippen molar-refractivity contribution in [3.63, 3.8) is 0 Å². The van der Waals surface area contributed by atoms with Crippen LogP contribution >= 0.6 is 27.3 Å². The third-order valence-corrected chi connectivity index (χ3v) is 3.94. The molecule has 0 spiro atoms. The quantitative estimate of drug-likeness (QED) is 0.871. The molecule has 1 unspecified atom stereocenters. The number of aryl methyl sites for hydroxylation is 1. The van der Waals surface area contributed by atoms with Crippen LogP contribution in [-0.2, 0) is 9.53 Å². The zero-order valence-electron chi connectivity index (χ0n) is 8.07. The van der Waals surface area contributed by atoms with Gasteiger partial charge in [-0.05, 0) is 34.5 Å². The summed E-state index contributed by atoms with van der Waals surface area (Å²) in [6.45, 7) is 1.54. The van der Waals surface area contributed by atoms with Crippen LogP contribution in [0.25, 0.3) is 0 Å². The highest BCUT2D eigenvalue weighted by Gasteiger charge is 2.13. The molecule has 2 N–H and O–H groups in total. The van der Waals surface area contributed by atoms with Gasteiger partial charge in [-0.2, -0.15) is 0 Å². The summed E-state index contributed by atoms with van der Waals surface area (Å²) in [4.78, 5) is 10.9. The van der Waals surface area contributed by atoms with Gasteiger partial charge in [0.1, 0.15) is 12.7 Å². The molecular weight excluding hydrogens is 284 g/mol. The second-order valence-electron chi connectivity index (χ2n) is 3.03. The van der Waals surface area contributed by atoms with Gasteiger partial charge in [0.05, 0.1) is 10.4 Å². The molecule has 15 heavy (non-hydrogen) atoms. The summed E-state index contributed by atoms with van der Waals surface area (Å²) in [5, 5.41) is 18.0. The monoisotopic (exact) mass is 294 g/mol. The maximum Gasteiger partial charge on any atom is 0.329 e. The van der Waals surface area contributed by atoms with E-state index >= 15 is 0 Å². The number of carboxylic acid groups (broad SMARTS) is 1. The predicted molar refractivity (Wildman–Crippen MR) is 60.2 cm³/mol. The Labute approximate surface area is 99.6 Å². The minimum absolute atomic E-state index is 0.00130. The van der Waals surface area contributed by atoms with E-state index in [1.807, 2.05) is 13.0 Å². The molecule has 0 aliphatic heterocycles. The molecule has 0 saturated carbocycles. The molecule has 0 bridgehead atoms. The van der Waals surface area contributed by atoms with Gasteiger partial charge < -0.3 is 14.9 Å².